The molecular weight excluding hydrogens is 393 g/mol. The molecule has 0 radical (unpaired) electrons. The molecule has 3 heterocycles. The Bertz CT molecular complexity index is 1080. The van der Waals surface area contributed by atoms with Crippen molar-refractivity contribution in [1.29, 1.82) is 0 Å². The first-order chi connectivity index (χ1) is 13.1. The Morgan fingerprint density at radius 2 is 2.15 bits per heavy atom. The summed E-state index contributed by atoms with van der Waals surface area (Å²) in [6.45, 7) is 2.53. The second kappa shape index (κ2) is 7.16. The summed E-state index contributed by atoms with van der Waals surface area (Å²) in [7, 11) is 0. The third-order valence-electron chi connectivity index (χ3n) is 3.93. The quantitative estimate of drug-likeness (QED) is 0.495. The molecular formula is C17H13ClFN5O2S. The number of benzene rings is 1. The van der Waals surface area contributed by atoms with Gasteiger partial charge in [-0.1, -0.05) is 16.8 Å². The number of hydrogen-bond acceptors (Lipinski definition) is 7. The number of nitrogens with zero attached hydrogens (tertiary/aromatic N) is 5. The topological polar surface area (TPSA) is 82.8 Å². The maximum absolute atomic E-state index is 14.0. The minimum absolute atomic E-state index is 0.0814. The fourth-order valence-corrected chi connectivity index (χ4v) is 3.12. The molecule has 27 heavy (non-hydrogen) atoms. The minimum atomic E-state index is -0.648. The first-order valence-electron chi connectivity index (χ1n) is 8.02. The van der Waals surface area contributed by atoms with Gasteiger partial charge < -0.3 is 13.5 Å². The summed E-state index contributed by atoms with van der Waals surface area (Å²) in [4.78, 5) is 4.25. The predicted octanol–water partition coefficient (Wildman–Crippen LogP) is 4.42. The van der Waals surface area contributed by atoms with Crippen LogP contribution in [0.1, 0.15) is 23.9 Å². The van der Waals surface area contributed by atoms with E-state index in [0.29, 0.717) is 29.0 Å². The third kappa shape index (κ3) is 3.24. The molecule has 0 bridgehead atoms. The summed E-state index contributed by atoms with van der Waals surface area (Å²) in [6, 6.07) is 7.69. The van der Waals surface area contributed by atoms with E-state index in [4.69, 9.17) is 20.5 Å². The van der Waals surface area contributed by atoms with E-state index in [9.17, 15) is 4.39 Å². The molecule has 0 aliphatic heterocycles. The summed E-state index contributed by atoms with van der Waals surface area (Å²) in [5.74, 6) is 1.41. The van der Waals surface area contributed by atoms with Gasteiger partial charge in [0.15, 0.2) is 17.4 Å². The van der Waals surface area contributed by atoms with E-state index in [0.717, 1.165) is 0 Å². The van der Waals surface area contributed by atoms with Crippen LogP contribution in [0.2, 0.25) is 5.02 Å². The normalized spacial score (nSPS) is 12.4. The minimum Gasteiger partial charge on any atom is -0.461 e. The lowest BCUT2D eigenvalue weighted by Crippen LogP contribution is -2.07. The van der Waals surface area contributed by atoms with Crippen molar-refractivity contribution < 1.29 is 13.3 Å². The Balaban J connectivity index is 1.69. The van der Waals surface area contributed by atoms with Crippen molar-refractivity contribution in [1.82, 2.24) is 24.9 Å². The first-order valence-corrected chi connectivity index (χ1v) is 8.92. The second-order valence-corrected chi connectivity index (χ2v) is 6.54. The monoisotopic (exact) mass is 405 g/mol. The molecule has 0 N–H and O–H groups in total. The van der Waals surface area contributed by atoms with Gasteiger partial charge in [-0.05, 0) is 37.3 Å². The first kappa shape index (κ1) is 17.7. The maximum Gasteiger partial charge on any atom is 0.247 e. The van der Waals surface area contributed by atoms with Crippen molar-refractivity contribution in [2.45, 2.75) is 18.7 Å². The van der Waals surface area contributed by atoms with Gasteiger partial charge in [-0.3, -0.25) is 0 Å². The molecule has 0 amide bonds. The van der Waals surface area contributed by atoms with Gasteiger partial charge in [0, 0.05) is 11.6 Å². The fourth-order valence-electron chi connectivity index (χ4n) is 2.65. The number of thiol groups is 1. The molecule has 7 nitrogen and oxygen atoms in total. The van der Waals surface area contributed by atoms with Crippen LogP contribution < -0.4 is 0 Å². The largest absolute Gasteiger partial charge is 0.461 e. The van der Waals surface area contributed by atoms with Crippen LogP contribution in [0.3, 0.4) is 0 Å². The number of halogens is 2. The average molecular weight is 406 g/mol. The summed E-state index contributed by atoms with van der Waals surface area (Å²) in [5, 5.41) is 11.9. The van der Waals surface area contributed by atoms with Gasteiger partial charge in [0.25, 0.3) is 0 Å². The molecule has 1 aromatic carbocycles. The van der Waals surface area contributed by atoms with Crippen LogP contribution in [0.5, 0.6) is 0 Å². The van der Waals surface area contributed by atoms with E-state index in [1.165, 1.54) is 18.2 Å². The highest BCUT2D eigenvalue weighted by atomic mass is 35.5. The molecule has 0 saturated carbocycles. The lowest BCUT2D eigenvalue weighted by molar-refractivity contribution is 0.380. The molecule has 0 fully saturated rings. The highest BCUT2D eigenvalue weighted by molar-refractivity contribution is 7.80. The number of rotatable bonds is 5. The van der Waals surface area contributed by atoms with Crippen molar-refractivity contribution >= 4 is 24.2 Å². The van der Waals surface area contributed by atoms with Crippen molar-refractivity contribution in [3.63, 3.8) is 0 Å². The van der Waals surface area contributed by atoms with E-state index >= 15 is 0 Å². The van der Waals surface area contributed by atoms with Gasteiger partial charge in [-0.2, -0.15) is 17.6 Å². The molecule has 0 aliphatic rings. The van der Waals surface area contributed by atoms with Crippen LogP contribution in [0, 0.1) is 5.82 Å². The van der Waals surface area contributed by atoms with E-state index < -0.39 is 11.1 Å². The molecule has 0 saturated heterocycles. The highest BCUT2D eigenvalue weighted by Gasteiger charge is 2.26. The van der Waals surface area contributed by atoms with Gasteiger partial charge in [0.05, 0.1) is 11.8 Å². The van der Waals surface area contributed by atoms with E-state index in [1.54, 1.807) is 18.4 Å². The summed E-state index contributed by atoms with van der Waals surface area (Å²) in [6.07, 6.45) is 1.56. The molecule has 4 aromatic rings. The Kier molecular flexibility index (Phi) is 4.71. The number of aromatic nitrogens is 5. The SMILES string of the molecule is CCn1c(-c2ccco2)nnc1C(S)c1nc(-c2cc(Cl)ccc2F)no1. The van der Waals surface area contributed by atoms with Crippen molar-refractivity contribution in [3.05, 3.63) is 59.1 Å². The lowest BCUT2D eigenvalue weighted by atomic mass is 10.2. The summed E-state index contributed by atoms with van der Waals surface area (Å²) in [5.41, 5.74) is 0.145. The maximum atomic E-state index is 14.0. The van der Waals surface area contributed by atoms with Crippen LogP contribution in [0.15, 0.2) is 45.5 Å². The van der Waals surface area contributed by atoms with E-state index in [2.05, 4.69) is 33.0 Å². The second-order valence-electron chi connectivity index (χ2n) is 5.59. The molecule has 10 heteroatoms. The van der Waals surface area contributed by atoms with Crippen molar-refractivity contribution in [2.75, 3.05) is 0 Å². The van der Waals surface area contributed by atoms with Gasteiger partial charge in [0.1, 0.15) is 11.1 Å². The van der Waals surface area contributed by atoms with Crippen molar-refractivity contribution in [2.24, 2.45) is 0 Å². The summed E-state index contributed by atoms with van der Waals surface area (Å²) < 4.78 is 26.5. The van der Waals surface area contributed by atoms with Gasteiger partial charge >= 0.3 is 0 Å². The zero-order valence-electron chi connectivity index (χ0n) is 14.0. The summed E-state index contributed by atoms with van der Waals surface area (Å²) >= 11 is 10.5. The Hall–Kier alpha value is -2.65. The van der Waals surface area contributed by atoms with Gasteiger partial charge in [-0.25, -0.2) is 4.39 Å². The Morgan fingerprint density at radius 1 is 1.30 bits per heavy atom. The predicted molar refractivity (Wildman–Crippen MR) is 98.9 cm³/mol. The smallest absolute Gasteiger partial charge is 0.247 e. The third-order valence-corrected chi connectivity index (χ3v) is 4.61. The van der Waals surface area contributed by atoms with Crippen molar-refractivity contribution in [3.8, 4) is 23.0 Å². The molecule has 1 unspecified atom stereocenters. The Morgan fingerprint density at radius 3 is 2.89 bits per heavy atom. The molecule has 3 aromatic heterocycles. The standard InChI is InChI=1S/C17H13ClFN5O2S/c1-2-24-15(12-4-3-7-25-12)21-22-16(24)13(27)17-20-14(23-26-17)10-8-9(18)5-6-11(10)19/h3-8,13,27H,2H2,1H3. The van der Waals surface area contributed by atoms with Crippen LogP contribution >= 0.6 is 24.2 Å². The zero-order valence-corrected chi connectivity index (χ0v) is 15.7. The molecule has 138 valence electrons. The molecule has 4 rings (SSSR count). The van der Waals surface area contributed by atoms with E-state index in [-0.39, 0.29) is 17.3 Å². The molecule has 0 aliphatic carbocycles. The molecule has 1 atom stereocenters. The van der Waals surface area contributed by atoms with Crippen LogP contribution in [-0.2, 0) is 6.54 Å². The Labute approximate surface area is 163 Å². The number of hydrogen-bond donors (Lipinski definition) is 1. The zero-order chi connectivity index (χ0) is 19.0. The highest BCUT2D eigenvalue weighted by Crippen LogP contribution is 2.31. The lowest BCUT2D eigenvalue weighted by Gasteiger charge is -2.08. The fraction of sp³-hybridized carbons (Fsp3) is 0.176. The van der Waals surface area contributed by atoms with Gasteiger partial charge in [0.2, 0.25) is 11.7 Å². The average Bonchev–Trinajstić information content (AvgIpc) is 3.42. The number of furan rings is 1. The molecule has 0 spiro atoms. The van der Waals surface area contributed by atoms with Crippen LogP contribution in [0.25, 0.3) is 23.0 Å². The van der Waals surface area contributed by atoms with Gasteiger partial charge in [-0.15, -0.1) is 10.2 Å². The van der Waals surface area contributed by atoms with Crippen LogP contribution in [0.4, 0.5) is 4.39 Å². The van der Waals surface area contributed by atoms with Crippen LogP contribution in [-0.4, -0.2) is 24.9 Å². The van der Waals surface area contributed by atoms with E-state index in [1.807, 2.05) is 11.5 Å².